The molecule has 2 heterocycles. The number of aryl methyl sites for hydroxylation is 1. The molecule has 1 N–H and O–H groups in total. The highest BCUT2D eigenvalue weighted by Gasteiger charge is 2.15. The van der Waals surface area contributed by atoms with Crippen molar-refractivity contribution in [2.45, 2.75) is 0 Å². The van der Waals surface area contributed by atoms with Gasteiger partial charge in [-0.1, -0.05) is 0 Å². The van der Waals surface area contributed by atoms with Gasteiger partial charge in [-0.05, 0) is 65.0 Å². The second-order valence-electron chi connectivity index (χ2n) is 5.80. The summed E-state index contributed by atoms with van der Waals surface area (Å²) in [5.41, 5.74) is 3.12. The van der Waals surface area contributed by atoms with Crippen LogP contribution in [-0.2, 0) is 7.05 Å². The molecule has 0 aliphatic carbocycles. The average molecular weight is 363 g/mol. The van der Waals surface area contributed by atoms with E-state index in [-0.39, 0.29) is 11.7 Å². The number of benzene rings is 2. The molecule has 0 bridgehead atoms. The Kier molecular flexibility index (Phi) is 4.17. The number of aromatic nitrogens is 6. The summed E-state index contributed by atoms with van der Waals surface area (Å²) in [4.78, 5) is 12.6. The second kappa shape index (κ2) is 6.79. The van der Waals surface area contributed by atoms with Crippen LogP contribution in [0.15, 0.2) is 60.9 Å². The van der Waals surface area contributed by atoms with Crippen molar-refractivity contribution in [1.82, 2.24) is 30.0 Å². The van der Waals surface area contributed by atoms with Crippen LogP contribution >= 0.6 is 0 Å². The van der Waals surface area contributed by atoms with Crippen LogP contribution in [0, 0.1) is 5.82 Å². The van der Waals surface area contributed by atoms with Crippen molar-refractivity contribution in [3.63, 3.8) is 0 Å². The van der Waals surface area contributed by atoms with Gasteiger partial charge in [0.05, 0.1) is 11.4 Å². The number of rotatable bonds is 4. The molecule has 27 heavy (non-hydrogen) atoms. The zero-order chi connectivity index (χ0) is 18.8. The number of amides is 1. The number of carbonyl (C=O) groups is 1. The SMILES string of the molecule is Cn1nc(-c2ccc(F)cc2)cc1C(=O)Nc1ccc(-n2cnnn2)cc1. The summed E-state index contributed by atoms with van der Waals surface area (Å²) in [7, 11) is 1.68. The van der Waals surface area contributed by atoms with Gasteiger partial charge in [-0.25, -0.2) is 9.07 Å². The third kappa shape index (κ3) is 3.43. The maximum atomic E-state index is 13.1. The molecule has 0 saturated carbocycles. The summed E-state index contributed by atoms with van der Waals surface area (Å²) in [5, 5.41) is 18.1. The summed E-state index contributed by atoms with van der Waals surface area (Å²) in [6.07, 6.45) is 1.49. The minimum atomic E-state index is -0.322. The van der Waals surface area contributed by atoms with E-state index in [0.717, 1.165) is 11.3 Å². The van der Waals surface area contributed by atoms with Crippen LogP contribution in [-0.4, -0.2) is 35.9 Å². The highest BCUT2D eigenvalue weighted by Crippen LogP contribution is 2.20. The van der Waals surface area contributed by atoms with Crippen LogP contribution in [0.25, 0.3) is 16.9 Å². The lowest BCUT2D eigenvalue weighted by Gasteiger charge is -2.06. The lowest BCUT2D eigenvalue weighted by Crippen LogP contribution is -2.16. The monoisotopic (exact) mass is 363 g/mol. The number of nitrogens with one attached hydrogen (secondary N) is 1. The second-order valence-corrected chi connectivity index (χ2v) is 5.80. The Morgan fingerprint density at radius 3 is 2.48 bits per heavy atom. The summed E-state index contributed by atoms with van der Waals surface area (Å²) in [5.74, 6) is -0.619. The van der Waals surface area contributed by atoms with Crippen molar-refractivity contribution in [1.29, 1.82) is 0 Å². The first kappa shape index (κ1) is 16.6. The first-order chi connectivity index (χ1) is 13.1. The molecule has 4 rings (SSSR count). The van der Waals surface area contributed by atoms with E-state index in [1.807, 2.05) is 0 Å². The van der Waals surface area contributed by atoms with Crippen molar-refractivity contribution in [2.75, 3.05) is 5.32 Å². The summed E-state index contributed by atoms with van der Waals surface area (Å²) >= 11 is 0. The number of carbonyl (C=O) groups excluding carboxylic acids is 1. The molecule has 0 fully saturated rings. The molecule has 134 valence electrons. The van der Waals surface area contributed by atoms with E-state index in [9.17, 15) is 9.18 Å². The van der Waals surface area contributed by atoms with E-state index in [0.29, 0.717) is 17.1 Å². The zero-order valence-corrected chi connectivity index (χ0v) is 14.2. The molecule has 0 saturated heterocycles. The Labute approximate surface area is 153 Å². The average Bonchev–Trinajstić information content (AvgIpc) is 3.33. The van der Waals surface area contributed by atoms with Crippen LogP contribution < -0.4 is 5.32 Å². The molecule has 8 nitrogen and oxygen atoms in total. The quantitative estimate of drug-likeness (QED) is 0.601. The number of tetrazole rings is 1. The van der Waals surface area contributed by atoms with Gasteiger partial charge in [-0.2, -0.15) is 5.10 Å². The van der Waals surface area contributed by atoms with Gasteiger partial charge in [0, 0.05) is 18.3 Å². The zero-order valence-electron chi connectivity index (χ0n) is 14.2. The fourth-order valence-electron chi connectivity index (χ4n) is 2.61. The number of nitrogens with zero attached hydrogens (tertiary/aromatic N) is 6. The molecule has 0 atom stereocenters. The van der Waals surface area contributed by atoms with Crippen LogP contribution in [0.3, 0.4) is 0 Å². The maximum absolute atomic E-state index is 13.1. The predicted octanol–water partition coefficient (Wildman–Crippen LogP) is 2.45. The molecule has 9 heteroatoms. The molecule has 2 aromatic carbocycles. The fraction of sp³-hybridized carbons (Fsp3) is 0.0556. The minimum Gasteiger partial charge on any atom is -0.321 e. The van der Waals surface area contributed by atoms with Crippen LogP contribution in [0.4, 0.5) is 10.1 Å². The first-order valence-corrected chi connectivity index (χ1v) is 8.05. The smallest absolute Gasteiger partial charge is 0.273 e. The van der Waals surface area contributed by atoms with E-state index >= 15 is 0 Å². The summed E-state index contributed by atoms with van der Waals surface area (Å²) in [6, 6.07) is 14.7. The molecule has 4 aromatic rings. The maximum Gasteiger partial charge on any atom is 0.273 e. The van der Waals surface area contributed by atoms with Crippen molar-refractivity contribution in [3.8, 4) is 16.9 Å². The standard InChI is InChI=1S/C18H14FN7O/c1-25-17(10-16(22-25)12-2-4-13(19)5-3-12)18(27)21-14-6-8-15(9-7-14)26-11-20-23-24-26/h2-11H,1H3,(H,21,27). The number of hydrogen-bond donors (Lipinski definition) is 1. The van der Waals surface area contributed by atoms with Crippen molar-refractivity contribution in [2.24, 2.45) is 7.05 Å². The third-order valence-corrected chi connectivity index (χ3v) is 3.99. The highest BCUT2D eigenvalue weighted by atomic mass is 19.1. The van der Waals surface area contributed by atoms with Crippen LogP contribution in [0.1, 0.15) is 10.5 Å². The first-order valence-electron chi connectivity index (χ1n) is 8.05. The lowest BCUT2D eigenvalue weighted by molar-refractivity contribution is 0.101. The van der Waals surface area contributed by atoms with Gasteiger partial charge in [0.1, 0.15) is 17.8 Å². The largest absolute Gasteiger partial charge is 0.321 e. The molecule has 0 aliphatic heterocycles. The highest BCUT2D eigenvalue weighted by molar-refractivity contribution is 6.03. The molecule has 0 radical (unpaired) electrons. The summed E-state index contributed by atoms with van der Waals surface area (Å²) < 4.78 is 16.1. The van der Waals surface area contributed by atoms with E-state index in [2.05, 4.69) is 25.9 Å². The lowest BCUT2D eigenvalue weighted by atomic mass is 10.1. The number of halogens is 1. The van der Waals surface area contributed by atoms with Crippen LogP contribution in [0.2, 0.25) is 0 Å². The molecule has 2 aromatic heterocycles. The number of hydrogen-bond acceptors (Lipinski definition) is 5. The summed E-state index contributed by atoms with van der Waals surface area (Å²) in [6.45, 7) is 0. The van der Waals surface area contributed by atoms with Gasteiger partial charge in [0.2, 0.25) is 0 Å². The topological polar surface area (TPSA) is 90.5 Å². The van der Waals surface area contributed by atoms with Gasteiger partial charge in [-0.15, -0.1) is 5.10 Å². The predicted molar refractivity (Wildman–Crippen MR) is 95.7 cm³/mol. The Morgan fingerprint density at radius 1 is 1.07 bits per heavy atom. The molecular weight excluding hydrogens is 349 g/mol. The Hall–Kier alpha value is -3.88. The number of anilines is 1. The molecular formula is C18H14FN7O. The minimum absolute atomic E-state index is 0.298. The molecule has 0 spiro atoms. The fourth-order valence-corrected chi connectivity index (χ4v) is 2.61. The normalized spacial score (nSPS) is 10.7. The molecule has 0 aliphatic rings. The van der Waals surface area contributed by atoms with Crippen molar-refractivity contribution in [3.05, 3.63) is 72.4 Å². The van der Waals surface area contributed by atoms with E-state index in [4.69, 9.17) is 0 Å². The molecule has 1 amide bonds. The van der Waals surface area contributed by atoms with Gasteiger partial charge < -0.3 is 5.32 Å². The molecule has 0 unspecified atom stereocenters. The van der Waals surface area contributed by atoms with Gasteiger partial charge >= 0.3 is 0 Å². The Balaban J connectivity index is 1.52. The van der Waals surface area contributed by atoms with E-state index in [1.165, 1.54) is 27.8 Å². The van der Waals surface area contributed by atoms with Crippen LogP contribution in [0.5, 0.6) is 0 Å². The van der Waals surface area contributed by atoms with Gasteiger partial charge in [0.15, 0.2) is 0 Å². The van der Waals surface area contributed by atoms with E-state index in [1.54, 1.807) is 49.5 Å². The van der Waals surface area contributed by atoms with Gasteiger partial charge in [-0.3, -0.25) is 9.48 Å². The van der Waals surface area contributed by atoms with Crippen molar-refractivity contribution >= 4 is 11.6 Å². The van der Waals surface area contributed by atoms with Gasteiger partial charge in [0.25, 0.3) is 5.91 Å². The Morgan fingerprint density at radius 2 is 1.81 bits per heavy atom. The van der Waals surface area contributed by atoms with E-state index < -0.39 is 0 Å². The van der Waals surface area contributed by atoms with Crippen molar-refractivity contribution < 1.29 is 9.18 Å². The third-order valence-electron chi connectivity index (χ3n) is 3.99. The Bertz CT molecular complexity index is 1070.